The van der Waals surface area contributed by atoms with Gasteiger partial charge >= 0.3 is 0 Å². The highest BCUT2D eigenvalue weighted by atomic mass is 15.2. The van der Waals surface area contributed by atoms with E-state index in [1.807, 2.05) is 12.3 Å². The number of nitrogens with zero attached hydrogens (tertiary/aromatic N) is 2. The van der Waals surface area contributed by atoms with E-state index in [9.17, 15) is 0 Å². The number of pyridine rings is 1. The molecule has 2 heterocycles. The molecule has 2 N–H and O–H groups in total. The number of anilines is 2. The van der Waals surface area contributed by atoms with Crippen molar-refractivity contribution < 1.29 is 0 Å². The van der Waals surface area contributed by atoms with Crippen LogP contribution < -0.4 is 10.6 Å². The lowest BCUT2D eigenvalue weighted by Crippen LogP contribution is -2.31. The summed E-state index contributed by atoms with van der Waals surface area (Å²) in [6.07, 6.45) is 5.71. The van der Waals surface area contributed by atoms with E-state index >= 15 is 0 Å². The Morgan fingerprint density at radius 1 is 1.05 bits per heavy atom. The minimum atomic E-state index is 0.657. The number of nitrogens with two attached hydrogens (primary N) is 1. The van der Waals surface area contributed by atoms with Gasteiger partial charge in [-0.25, -0.2) is 4.98 Å². The van der Waals surface area contributed by atoms with Crippen LogP contribution in [-0.4, -0.2) is 18.1 Å². The molecule has 0 aliphatic carbocycles. The van der Waals surface area contributed by atoms with Gasteiger partial charge in [-0.1, -0.05) is 30.3 Å². The van der Waals surface area contributed by atoms with Crippen molar-refractivity contribution in [3.05, 3.63) is 42.1 Å². The molecule has 1 fully saturated rings. The predicted octanol–water partition coefficient (Wildman–Crippen LogP) is 3.63. The smallest absolute Gasteiger partial charge is 0.147 e. The van der Waals surface area contributed by atoms with E-state index in [-0.39, 0.29) is 0 Å². The van der Waals surface area contributed by atoms with Crippen LogP contribution in [0.25, 0.3) is 11.1 Å². The van der Waals surface area contributed by atoms with E-state index < -0.39 is 0 Å². The van der Waals surface area contributed by atoms with Crippen LogP contribution in [-0.2, 0) is 0 Å². The first-order valence-corrected chi connectivity index (χ1v) is 7.33. The van der Waals surface area contributed by atoms with Crippen molar-refractivity contribution in [1.82, 2.24) is 4.98 Å². The molecule has 0 saturated carbocycles. The summed E-state index contributed by atoms with van der Waals surface area (Å²) in [4.78, 5) is 6.82. The zero-order chi connectivity index (χ0) is 13.9. The summed E-state index contributed by atoms with van der Waals surface area (Å²) in [7, 11) is 0. The first-order valence-electron chi connectivity index (χ1n) is 7.33. The van der Waals surface area contributed by atoms with Crippen LogP contribution >= 0.6 is 0 Å². The summed E-state index contributed by atoms with van der Waals surface area (Å²) in [5.41, 5.74) is 10.9. The third-order valence-corrected chi connectivity index (χ3v) is 4.09. The largest absolute Gasteiger partial charge is 0.382 e. The summed E-state index contributed by atoms with van der Waals surface area (Å²) < 4.78 is 0. The van der Waals surface area contributed by atoms with Gasteiger partial charge in [0.05, 0.1) is 5.69 Å². The normalized spacial score (nSPS) is 15.3. The Bertz CT molecular complexity index is 587. The number of nitrogen functional groups attached to an aromatic ring is 1. The molecule has 1 aromatic carbocycles. The Hall–Kier alpha value is -2.03. The summed E-state index contributed by atoms with van der Waals surface area (Å²) >= 11 is 0. The molecule has 20 heavy (non-hydrogen) atoms. The molecule has 104 valence electrons. The van der Waals surface area contributed by atoms with Gasteiger partial charge in [-0.3, -0.25) is 0 Å². The summed E-state index contributed by atoms with van der Waals surface area (Å²) in [6, 6.07) is 10.4. The van der Waals surface area contributed by atoms with Crippen LogP contribution in [0.3, 0.4) is 0 Å². The first kappa shape index (κ1) is 13.0. The highest BCUT2D eigenvalue weighted by Gasteiger charge is 2.18. The van der Waals surface area contributed by atoms with Gasteiger partial charge in [-0.05, 0) is 37.3 Å². The fourth-order valence-electron chi connectivity index (χ4n) is 3.04. The molecule has 3 nitrogen and oxygen atoms in total. The van der Waals surface area contributed by atoms with Crippen LogP contribution in [0.5, 0.6) is 0 Å². The number of rotatable bonds is 2. The van der Waals surface area contributed by atoms with Crippen LogP contribution in [0.15, 0.2) is 36.5 Å². The summed E-state index contributed by atoms with van der Waals surface area (Å²) in [5.74, 6) is 0.657. The second-order valence-electron chi connectivity index (χ2n) is 5.44. The quantitative estimate of drug-likeness (QED) is 0.903. The van der Waals surface area contributed by atoms with Gasteiger partial charge in [0, 0.05) is 24.8 Å². The number of aromatic nitrogens is 1. The van der Waals surface area contributed by atoms with E-state index in [2.05, 4.69) is 41.1 Å². The highest BCUT2D eigenvalue weighted by Crippen LogP contribution is 2.34. The summed E-state index contributed by atoms with van der Waals surface area (Å²) in [6.45, 7) is 4.33. The number of piperidine rings is 1. The third-order valence-electron chi connectivity index (χ3n) is 4.09. The van der Waals surface area contributed by atoms with Gasteiger partial charge in [-0.2, -0.15) is 0 Å². The second kappa shape index (κ2) is 5.53. The standard InChI is InChI=1S/C17H21N3/c1-13-15(14-8-4-2-5-9-14)12-19-17(18)16(13)20-10-6-3-7-11-20/h2,4-5,8-9,12H,3,6-7,10-11H2,1H3,(H2,18,19). The molecule has 0 amide bonds. The Labute approximate surface area is 120 Å². The van der Waals surface area contributed by atoms with Gasteiger partial charge in [0.2, 0.25) is 0 Å². The second-order valence-corrected chi connectivity index (χ2v) is 5.44. The first-order chi connectivity index (χ1) is 9.77. The van der Waals surface area contributed by atoms with E-state index in [0.717, 1.165) is 18.8 Å². The van der Waals surface area contributed by atoms with E-state index in [1.165, 1.54) is 36.0 Å². The maximum absolute atomic E-state index is 6.15. The molecule has 0 atom stereocenters. The van der Waals surface area contributed by atoms with Crippen molar-refractivity contribution in [3.8, 4) is 11.1 Å². The van der Waals surface area contributed by atoms with Crippen molar-refractivity contribution in [2.75, 3.05) is 23.7 Å². The average Bonchev–Trinajstić information content (AvgIpc) is 2.49. The molecule has 1 aromatic heterocycles. The lowest BCUT2D eigenvalue weighted by molar-refractivity contribution is 0.577. The molecule has 3 heteroatoms. The van der Waals surface area contributed by atoms with Crippen molar-refractivity contribution in [1.29, 1.82) is 0 Å². The minimum Gasteiger partial charge on any atom is -0.382 e. The van der Waals surface area contributed by atoms with Gasteiger partial charge in [-0.15, -0.1) is 0 Å². The monoisotopic (exact) mass is 267 g/mol. The predicted molar refractivity (Wildman–Crippen MR) is 84.9 cm³/mol. The SMILES string of the molecule is Cc1c(-c2ccccc2)cnc(N)c1N1CCCCC1. The molecule has 2 aromatic rings. The van der Waals surface area contributed by atoms with Gasteiger partial charge in [0.1, 0.15) is 5.82 Å². The number of hydrogen-bond acceptors (Lipinski definition) is 3. The van der Waals surface area contributed by atoms with Crippen LogP contribution in [0, 0.1) is 6.92 Å². The Balaban J connectivity index is 2.06. The van der Waals surface area contributed by atoms with Crippen molar-refractivity contribution in [3.63, 3.8) is 0 Å². The summed E-state index contributed by atoms with van der Waals surface area (Å²) in [5, 5.41) is 0. The number of benzene rings is 1. The molecule has 0 unspecified atom stereocenters. The van der Waals surface area contributed by atoms with E-state index in [1.54, 1.807) is 0 Å². The molecular formula is C17H21N3. The molecular weight excluding hydrogens is 246 g/mol. The molecule has 3 rings (SSSR count). The van der Waals surface area contributed by atoms with Gasteiger partial charge in [0.15, 0.2) is 0 Å². The highest BCUT2D eigenvalue weighted by molar-refractivity contribution is 5.79. The molecule has 1 aliphatic rings. The Morgan fingerprint density at radius 3 is 2.45 bits per heavy atom. The lowest BCUT2D eigenvalue weighted by atomic mass is 10.00. The fourth-order valence-corrected chi connectivity index (χ4v) is 3.04. The topological polar surface area (TPSA) is 42.1 Å². The maximum atomic E-state index is 6.15. The zero-order valence-corrected chi connectivity index (χ0v) is 12.0. The van der Waals surface area contributed by atoms with Crippen LogP contribution in [0.4, 0.5) is 11.5 Å². The van der Waals surface area contributed by atoms with Crippen LogP contribution in [0.2, 0.25) is 0 Å². The Kier molecular flexibility index (Phi) is 3.59. The van der Waals surface area contributed by atoms with Crippen molar-refractivity contribution >= 4 is 11.5 Å². The molecule has 0 bridgehead atoms. The maximum Gasteiger partial charge on any atom is 0.147 e. The molecule has 1 saturated heterocycles. The van der Waals surface area contributed by atoms with Gasteiger partial charge < -0.3 is 10.6 Å². The van der Waals surface area contributed by atoms with E-state index in [4.69, 9.17) is 5.73 Å². The lowest BCUT2D eigenvalue weighted by Gasteiger charge is -2.31. The third kappa shape index (κ3) is 2.36. The molecule has 1 aliphatic heterocycles. The molecule has 0 spiro atoms. The van der Waals surface area contributed by atoms with E-state index in [0.29, 0.717) is 5.82 Å². The van der Waals surface area contributed by atoms with Gasteiger partial charge in [0.25, 0.3) is 0 Å². The zero-order valence-electron chi connectivity index (χ0n) is 12.0. The average molecular weight is 267 g/mol. The Morgan fingerprint density at radius 2 is 1.75 bits per heavy atom. The fraction of sp³-hybridized carbons (Fsp3) is 0.353. The molecule has 0 radical (unpaired) electrons. The number of hydrogen-bond donors (Lipinski definition) is 1. The van der Waals surface area contributed by atoms with Crippen molar-refractivity contribution in [2.45, 2.75) is 26.2 Å². The van der Waals surface area contributed by atoms with Crippen molar-refractivity contribution in [2.24, 2.45) is 0 Å². The minimum absolute atomic E-state index is 0.657. The van der Waals surface area contributed by atoms with Crippen LogP contribution in [0.1, 0.15) is 24.8 Å².